The van der Waals surface area contributed by atoms with Gasteiger partial charge in [-0.2, -0.15) is 0 Å². The molecule has 8 heteroatoms. The van der Waals surface area contributed by atoms with Gasteiger partial charge in [-0.25, -0.2) is 15.0 Å². The number of rotatable bonds is 3. The molecule has 2 aromatic heterocycles. The molecule has 0 spiro atoms. The van der Waals surface area contributed by atoms with Gasteiger partial charge in [0, 0.05) is 37.2 Å². The first-order chi connectivity index (χ1) is 14.9. The van der Waals surface area contributed by atoms with E-state index in [-0.39, 0.29) is 5.91 Å². The molecule has 156 valence electrons. The fraction of sp³-hybridized carbons (Fsp3) is 0.304. The zero-order chi connectivity index (χ0) is 21.6. The van der Waals surface area contributed by atoms with Crippen molar-refractivity contribution in [1.82, 2.24) is 19.9 Å². The highest BCUT2D eigenvalue weighted by Crippen LogP contribution is 2.33. The Morgan fingerprint density at radius 1 is 1.26 bits per heavy atom. The van der Waals surface area contributed by atoms with Crippen molar-refractivity contribution in [3.8, 4) is 23.1 Å². The number of aromatic nitrogens is 3. The van der Waals surface area contributed by atoms with Crippen molar-refractivity contribution in [3.05, 3.63) is 42.2 Å². The number of carbonyl (C=O) groups is 1. The highest BCUT2D eigenvalue weighted by Gasteiger charge is 2.42. The summed E-state index contributed by atoms with van der Waals surface area (Å²) in [6.45, 7) is 0.491. The van der Waals surface area contributed by atoms with Crippen LogP contribution in [0.5, 0.6) is 0 Å². The Bertz CT molecular complexity index is 1260. The van der Waals surface area contributed by atoms with Crippen LogP contribution in [0.2, 0.25) is 0 Å². The Kier molecular flexibility index (Phi) is 4.49. The first-order valence-electron chi connectivity index (χ1n) is 10.2. The number of nitrogen functional groups attached to an aromatic ring is 1. The Morgan fingerprint density at radius 3 is 2.84 bits per heavy atom. The number of likely N-dealkylation sites (tertiary alicyclic amines) is 1. The Labute approximate surface area is 179 Å². The smallest absolute Gasteiger partial charge is 0.267 e. The summed E-state index contributed by atoms with van der Waals surface area (Å²) in [5, 5.41) is 14.0. The maximum atomic E-state index is 12.2. The molecule has 1 aromatic carbocycles. The molecular weight excluding hydrogens is 392 g/mol. The Hall–Kier alpha value is -3.70. The van der Waals surface area contributed by atoms with Crippen molar-refractivity contribution in [2.45, 2.75) is 30.9 Å². The minimum Gasteiger partial charge on any atom is -0.382 e. The first kappa shape index (κ1) is 19.3. The fourth-order valence-corrected chi connectivity index (χ4v) is 3.66. The van der Waals surface area contributed by atoms with E-state index in [4.69, 9.17) is 10.7 Å². The van der Waals surface area contributed by atoms with Gasteiger partial charge in [0.15, 0.2) is 5.82 Å². The van der Waals surface area contributed by atoms with Gasteiger partial charge in [0.2, 0.25) is 5.60 Å². The van der Waals surface area contributed by atoms with E-state index in [2.05, 4.69) is 27.1 Å². The molecular formula is C23H22N6O2. The topological polar surface area (TPSA) is 117 Å². The quantitative estimate of drug-likeness (QED) is 0.559. The molecule has 1 atom stereocenters. The van der Waals surface area contributed by atoms with Crippen LogP contribution in [0.15, 0.2) is 36.7 Å². The molecule has 1 unspecified atom stereocenters. The molecule has 0 bridgehead atoms. The lowest BCUT2D eigenvalue weighted by Crippen LogP contribution is -2.37. The van der Waals surface area contributed by atoms with Crippen LogP contribution in [-0.4, -0.2) is 56.1 Å². The standard InChI is InChI=1S/C23H22N6O2/c1-29-10-9-23(31,22(29)30)8-7-14-3-2-4-15(11-14)17-12-18(27-16-5-6-16)19-20(28-17)21(24)26-13-25-19/h2-4,11-13,16,31H,5-6,9-10H2,1H3,(H,27,28)(H2,24,25,26). The third kappa shape index (κ3) is 3.64. The number of aliphatic hydroxyl groups is 1. The fourth-order valence-electron chi connectivity index (χ4n) is 3.66. The molecule has 1 aliphatic carbocycles. The summed E-state index contributed by atoms with van der Waals surface area (Å²) in [5.41, 5.74) is 8.83. The molecule has 4 N–H and O–H groups in total. The zero-order valence-corrected chi connectivity index (χ0v) is 17.1. The number of nitrogens with two attached hydrogens (primary N) is 1. The minimum atomic E-state index is -1.63. The van der Waals surface area contributed by atoms with E-state index in [1.807, 2.05) is 30.3 Å². The van der Waals surface area contributed by atoms with Crippen molar-refractivity contribution < 1.29 is 9.90 Å². The monoisotopic (exact) mass is 414 g/mol. The molecule has 8 nitrogen and oxygen atoms in total. The summed E-state index contributed by atoms with van der Waals surface area (Å²) < 4.78 is 0. The van der Waals surface area contributed by atoms with Crippen LogP contribution in [0.1, 0.15) is 24.8 Å². The number of benzene rings is 1. The van der Waals surface area contributed by atoms with E-state index in [9.17, 15) is 9.90 Å². The number of likely N-dealkylation sites (N-methyl/N-ethyl adjacent to an activating group) is 1. The Balaban J connectivity index is 1.54. The van der Waals surface area contributed by atoms with E-state index >= 15 is 0 Å². The molecule has 1 saturated carbocycles. The van der Waals surface area contributed by atoms with Crippen LogP contribution in [0.25, 0.3) is 22.3 Å². The zero-order valence-electron chi connectivity index (χ0n) is 17.1. The summed E-state index contributed by atoms with van der Waals surface area (Å²) in [5.74, 6) is 5.68. The van der Waals surface area contributed by atoms with Crippen molar-refractivity contribution in [1.29, 1.82) is 0 Å². The number of hydrogen-bond acceptors (Lipinski definition) is 7. The SMILES string of the molecule is CN1CCC(O)(C#Cc2cccc(-c3cc(NC4CC4)c4ncnc(N)c4n3)c2)C1=O. The highest BCUT2D eigenvalue weighted by atomic mass is 16.3. The molecule has 0 radical (unpaired) electrons. The lowest BCUT2D eigenvalue weighted by atomic mass is 10.0. The van der Waals surface area contributed by atoms with Crippen molar-refractivity contribution in [2.24, 2.45) is 0 Å². The molecule has 1 amide bonds. The summed E-state index contributed by atoms with van der Waals surface area (Å²) in [7, 11) is 1.66. The second kappa shape index (κ2) is 7.22. The van der Waals surface area contributed by atoms with Gasteiger partial charge in [-0.1, -0.05) is 24.0 Å². The van der Waals surface area contributed by atoms with Crippen LogP contribution in [-0.2, 0) is 4.79 Å². The first-order valence-corrected chi connectivity index (χ1v) is 10.2. The van der Waals surface area contributed by atoms with E-state index in [0.717, 1.165) is 29.8 Å². The predicted octanol–water partition coefficient (Wildman–Crippen LogP) is 1.79. The molecule has 1 saturated heterocycles. The summed E-state index contributed by atoms with van der Waals surface area (Å²) in [4.78, 5) is 26.8. The number of nitrogens with one attached hydrogen (secondary N) is 1. The predicted molar refractivity (Wildman–Crippen MR) is 118 cm³/mol. The van der Waals surface area contributed by atoms with Gasteiger partial charge in [-0.3, -0.25) is 4.79 Å². The molecule has 3 heterocycles. The summed E-state index contributed by atoms with van der Waals surface area (Å²) in [6.07, 6.45) is 4.00. The minimum absolute atomic E-state index is 0.302. The van der Waals surface area contributed by atoms with E-state index in [0.29, 0.717) is 41.4 Å². The molecule has 2 aliphatic rings. The number of fused-ring (bicyclic) bond motifs is 1. The second-order valence-corrected chi connectivity index (χ2v) is 8.10. The third-order valence-corrected chi connectivity index (χ3v) is 5.64. The van der Waals surface area contributed by atoms with Crippen LogP contribution in [0, 0.1) is 11.8 Å². The van der Waals surface area contributed by atoms with Gasteiger partial charge >= 0.3 is 0 Å². The van der Waals surface area contributed by atoms with Crippen molar-refractivity contribution >= 4 is 28.4 Å². The summed E-state index contributed by atoms with van der Waals surface area (Å²) >= 11 is 0. The number of nitrogens with zero attached hydrogens (tertiary/aromatic N) is 4. The molecule has 31 heavy (non-hydrogen) atoms. The Morgan fingerprint density at radius 2 is 2.10 bits per heavy atom. The number of hydrogen-bond donors (Lipinski definition) is 3. The van der Waals surface area contributed by atoms with Gasteiger partial charge < -0.3 is 21.1 Å². The maximum absolute atomic E-state index is 12.2. The normalized spacial score (nSPS) is 20.6. The van der Waals surface area contributed by atoms with Crippen molar-refractivity contribution in [2.75, 3.05) is 24.6 Å². The van der Waals surface area contributed by atoms with Crippen LogP contribution in [0.4, 0.5) is 11.5 Å². The van der Waals surface area contributed by atoms with Crippen LogP contribution in [0.3, 0.4) is 0 Å². The van der Waals surface area contributed by atoms with Crippen molar-refractivity contribution in [3.63, 3.8) is 0 Å². The highest BCUT2D eigenvalue weighted by molar-refractivity contribution is 5.95. The van der Waals surface area contributed by atoms with Gasteiger partial charge in [0.1, 0.15) is 17.4 Å². The number of anilines is 2. The van der Waals surface area contributed by atoms with Crippen LogP contribution < -0.4 is 11.1 Å². The summed E-state index contributed by atoms with van der Waals surface area (Å²) in [6, 6.07) is 9.93. The lowest BCUT2D eigenvalue weighted by Gasteiger charge is -2.13. The van der Waals surface area contributed by atoms with Gasteiger partial charge in [0.05, 0.1) is 11.4 Å². The number of amides is 1. The molecule has 3 aromatic rings. The van der Waals surface area contributed by atoms with E-state index in [1.165, 1.54) is 11.2 Å². The van der Waals surface area contributed by atoms with Crippen LogP contribution >= 0.6 is 0 Å². The average molecular weight is 414 g/mol. The number of pyridine rings is 1. The van der Waals surface area contributed by atoms with E-state index < -0.39 is 5.60 Å². The molecule has 2 fully saturated rings. The maximum Gasteiger partial charge on any atom is 0.267 e. The largest absolute Gasteiger partial charge is 0.382 e. The molecule has 5 rings (SSSR count). The third-order valence-electron chi connectivity index (χ3n) is 5.64. The molecule has 1 aliphatic heterocycles. The average Bonchev–Trinajstić information content (AvgIpc) is 3.56. The van der Waals surface area contributed by atoms with Gasteiger partial charge in [-0.05, 0) is 31.0 Å². The lowest BCUT2D eigenvalue weighted by molar-refractivity contribution is -0.137. The number of carbonyl (C=O) groups excluding carboxylic acids is 1. The second-order valence-electron chi connectivity index (χ2n) is 8.10. The van der Waals surface area contributed by atoms with Gasteiger partial charge in [-0.15, -0.1) is 0 Å². The van der Waals surface area contributed by atoms with E-state index in [1.54, 1.807) is 7.05 Å². The van der Waals surface area contributed by atoms with Gasteiger partial charge in [0.25, 0.3) is 5.91 Å².